The maximum Gasteiger partial charge on any atom is 0.214 e. The molecule has 5 aromatic rings. The molecular formula is C24H21FN6O. The molecule has 1 saturated carbocycles. The Bertz CT molecular complexity index is 1520. The SMILES string of the molecule is CNc1c(C(=O)c2cc3ccc(F)cc3n2C)cnn1-c1ccc2nc(C3CC3)[nH]c2c1. The highest BCUT2D eigenvalue weighted by Crippen LogP contribution is 2.39. The highest BCUT2D eigenvalue weighted by Gasteiger charge is 2.27. The first kappa shape index (κ1) is 18.8. The first-order valence-corrected chi connectivity index (χ1v) is 10.6. The summed E-state index contributed by atoms with van der Waals surface area (Å²) in [6.45, 7) is 0. The number of aromatic nitrogens is 5. The van der Waals surface area contributed by atoms with Crippen LogP contribution in [-0.4, -0.2) is 37.1 Å². The minimum Gasteiger partial charge on any atom is -0.372 e. The zero-order chi connectivity index (χ0) is 22.0. The number of aryl methyl sites for hydroxylation is 1. The van der Waals surface area contributed by atoms with E-state index in [1.807, 2.05) is 18.2 Å². The number of ketones is 1. The van der Waals surface area contributed by atoms with Gasteiger partial charge >= 0.3 is 0 Å². The van der Waals surface area contributed by atoms with Gasteiger partial charge in [-0.2, -0.15) is 5.10 Å². The van der Waals surface area contributed by atoms with Gasteiger partial charge in [-0.05, 0) is 55.3 Å². The Balaban J connectivity index is 1.42. The van der Waals surface area contributed by atoms with Gasteiger partial charge in [0, 0.05) is 25.4 Å². The van der Waals surface area contributed by atoms with Crippen molar-refractivity contribution < 1.29 is 9.18 Å². The molecule has 0 bridgehead atoms. The summed E-state index contributed by atoms with van der Waals surface area (Å²) in [5, 5.41) is 8.43. The highest BCUT2D eigenvalue weighted by molar-refractivity contribution is 6.13. The predicted molar refractivity (Wildman–Crippen MR) is 121 cm³/mol. The van der Waals surface area contributed by atoms with E-state index in [1.54, 1.807) is 41.7 Å². The molecule has 6 rings (SSSR count). The van der Waals surface area contributed by atoms with Gasteiger partial charge < -0.3 is 14.9 Å². The molecule has 0 amide bonds. The third-order valence-corrected chi connectivity index (χ3v) is 6.18. The fraction of sp³-hybridized carbons (Fsp3) is 0.208. The normalized spacial score (nSPS) is 13.8. The molecule has 1 aliphatic rings. The van der Waals surface area contributed by atoms with E-state index in [9.17, 15) is 9.18 Å². The fourth-order valence-corrected chi connectivity index (χ4v) is 4.31. The second kappa shape index (κ2) is 6.78. The van der Waals surface area contributed by atoms with Crippen molar-refractivity contribution in [1.29, 1.82) is 0 Å². The average molecular weight is 428 g/mol. The Labute approximate surface area is 182 Å². The summed E-state index contributed by atoms with van der Waals surface area (Å²) < 4.78 is 17.1. The molecule has 0 spiro atoms. The molecule has 3 heterocycles. The van der Waals surface area contributed by atoms with Crippen LogP contribution in [0.3, 0.4) is 0 Å². The summed E-state index contributed by atoms with van der Waals surface area (Å²) in [6.07, 6.45) is 3.93. The fourth-order valence-electron chi connectivity index (χ4n) is 4.31. The van der Waals surface area contributed by atoms with Gasteiger partial charge in [0.25, 0.3) is 0 Å². The molecule has 0 aliphatic heterocycles. The quantitative estimate of drug-likeness (QED) is 0.403. The molecule has 32 heavy (non-hydrogen) atoms. The largest absolute Gasteiger partial charge is 0.372 e. The topological polar surface area (TPSA) is 80.5 Å². The molecule has 3 aromatic heterocycles. The smallest absolute Gasteiger partial charge is 0.214 e. The van der Waals surface area contributed by atoms with Gasteiger partial charge in [0.05, 0.1) is 39.7 Å². The molecular weight excluding hydrogens is 407 g/mol. The summed E-state index contributed by atoms with van der Waals surface area (Å²) in [5.74, 6) is 1.66. The summed E-state index contributed by atoms with van der Waals surface area (Å²) in [4.78, 5) is 21.5. The lowest BCUT2D eigenvalue weighted by atomic mass is 10.1. The number of halogens is 1. The van der Waals surface area contributed by atoms with E-state index in [-0.39, 0.29) is 11.6 Å². The van der Waals surface area contributed by atoms with Crippen molar-refractivity contribution in [2.24, 2.45) is 7.05 Å². The predicted octanol–water partition coefficient (Wildman–Crippen LogP) is 4.53. The summed E-state index contributed by atoms with van der Waals surface area (Å²) in [5.41, 5.74) is 4.29. The lowest BCUT2D eigenvalue weighted by molar-refractivity contribution is 0.103. The minimum absolute atomic E-state index is 0.182. The molecule has 1 aliphatic carbocycles. The Hall–Kier alpha value is -3.94. The van der Waals surface area contributed by atoms with Gasteiger partial charge in [-0.3, -0.25) is 4.79 Å². The van der Waals surface area contributed by atoms with Crippen molar-refractivity contribution in [3.63, 3.8) is 0 Å². The monoisotopic (exact) mass is 428 g/mol. The van der Waals surface area contributed by atoms with Crippen LogP contribution in [0.2, 0.25) is 0 Å². The van der Waals surface area contributed by atoms with Gasteiger partial charge in [-0.25, -0.2) is 14.1 Å². The maximum atomic E-state index is 13.7. The van der Waals surface area contributed by atoms with Gasteiger partial charge in [-0.1, -0.05) is 0 Å². The highest BCUT2D eigenvalue weighted by atomic mass is 19.1. The number of imidazole rings is 1. The van der Waals surface area contributed by atoms with Crippen LogP contribution in [-0.2, 0) is 7.05 Å². The average Bonchev–Trinajstić information content (AvgIpc) is 3.28. The lowest BCUT2D eigenvalue weighted by Gasteiger charge is -2.09. The van der Waals surface area contributed by atoms with Crippen LogP contribution in [0, 0.1) is 5.82 Å². The Morgan fingerprint density at radius 3 is 2.81 bits per heavy atom. The molecule has 8 heteroatoms. The molecule has 0 saturated heterocycles. The lowest BCUT2D eigenvalue weighted by Crippen LogP contribution is -2.10. The van der Waals surface area contributed by atoms with E-state index in [2.05, 4.69) is 20.4 Å². The second-order valence-electron chi connectivity index (χ2n) is 8.29. The number of fused-ring (bicyclic) bond motifs is 2. The Morgan fingerprint density at radius 1 is 1.19 bits per heavy atom. The van der Waals surface area contributed by atoms with E-state index in [0.717, 1.165) is 27.9 Å². The third-order valence-electron chi connectivity index (χ3n) is 6.18. The molecule has 0 atom stereocenters. The maximum absolute atomic E-state index is 13.7. The van der Waals surface area contributed by atoms with Gasteiger partial charge in [0.1, 0.15) is 17.5 Å². The number of carbonyl (C=O) groups is 1. The number of hydrogen-bond donors (Lipinski definition) is 2. The number of rotatable bonds is 5. The third kappa shape index (κ3) is 2.83. The number of anilines is 1. The number of hydrogen-bond acceptors (Lipinski definition) is 4. The standard InChI is InChI=1S/C24H21FN6O/c1-26-24-17(22(32)21-9-14-5-6-15(25)10-20(14)30(21)2)12-27-31(24)16-7-8-18-19(11-16)29-23(28-18)13-3-4-13/h5-13,26H,3-4H2,1-2H3,(H,28,29). The summed E-state index contributed by atoms with van der Waals surface area (Å²) in [6, 6.07) is 12.2. The van der Waals surface area contributed by atoms with Crippen molar-refractivity contribution in [1.82, 2.24) is 24.3 Å². The zero-order valence-electron chi connectivity index (χ0n) is 17.7. The number of nitrogens with zero attached hydrogens (tertiary/aromatic N) is 4. The van der Waals surface area contributed by atoms with Crippen LogP contribution < -0.4 is 5.32 Å². The van der Waals surface area contributed by atoms with E-state index in [1.165, 1.54) is 25.0 Å². The molecule has 0 unspecified atom stereocenters. The van der Waals surface area contributed by atoms with Crippen LogP contribution >= 0.6 is 0 Å². The molecule has 2 N–H and O–H groups in total. The van der Waals surface area contributed by atoms with Crippen LogP contribution in [0.25, 0.3) is 27.6 Å². The second-order valence-corrected chi connectivity index (χ2v) is 8.29. The zero-order valence-corrected chi connectivity index (χ0v) is 17.7. The first-order valence-electron chi connectivity index (χ1n) is 10.6. The van der Waals surface area contributed by atoms with Gasteiger partial charge in [0.2, 0.25) is 5.78 Å². The Kier molecular flexibility index (Phi) is 3.98. The number of benzene rings is 2. The molecule has 7 nitrogen and oxygen atoms in total. The van der Waals surface area contributed by atoms with E-state index in [4.69, 9.17) is 0 Å². The number of aromatic amines is 1. The number of H-pyrrole nitrogens is 1. The van der Waals surface area contributed by atoms with Crippen molar-refractivity contribution in [3.8, 4) is 5.69 Å². The van der Waals surface area contributed by atoms with Crippen LogP contribution in [0.4, 0.5) is 10.2 Å². The van der Waals surface area contributed by atoms with Crippen molar-refractivity contribution in [3.05, 3.63) is 71.6 Å². The molecule has 2 aromatic carbocycles. The summed E-state index contributed by atoms with van der Waals surface area (Å²) in [7, 11) is 3.53. The van der Waals surface area contributed by atoms with Crippen molar-refractivity contribution >= 4 is 33.5 Å². The van der Waals surface area contributed by atoms with Crippen LogP contribution in [0.5, 0.6) is 0 Å². The van der Waals surface area contributed by atoms with Crippen molar-refractivity contribution in [2.75, 3.05) is 12.4 Å². The van der Waals surface area contributed by atoms with Gasteiger partial charge in [-0.15, -0.1) is 0 Å². The van der Waals surface area contributed by atoms with E-state index < -0.39 is 0 Å². The van der Waals surface area contributed by atoms with Gasteiger partial charge in [0.15, 0.2) is 0 Å². The van der Waals surface area contributed by atoms with E-state index in [0.29, 0.717) is 28.5 Å². The summed E-state index contributed by atoms with van der Waals surface area (Å²) >= 11 is 0. The van der Waals surface area contributed by atoms with Crippen molar-refractivity contribution in [2.45, 2.75) is 18.8 Å². The molecule has 1 fully saturated rings. The number of nitrogens with one attached hydrogen (secondary N) is 2. The number of carbonyl (C=O) groups excluding carboxylic acids is 1. The van der Waals surface area contributed by atoms with E-state index >= 15 is 0 Å². The van der Waals surface area contributed by atoms with Crippen LogP contribution in [0.1, 0.15) is 40.6 Å². The minimum atomic E-state index is -0.333. The first-order chi connectivity index (χ1) is 15.5. The molecule has 160 valence electrons. The molecule has 0 radical (unpaired) electrons. The Morgan fingerprint density at radius 2 is 2.03 bits per heavy atom. The van der Waals surface area contributed by atoms with Crippen LogP contribution in [0.15, 0.2) is 48.7 Å².